The Balaban J connectivity index is 1.92. The van der Waals surface area contributed by atoms with Crippen molar-refractivity contribution in [3.63, 3.8) is 0 Å². The molecule has 5 N–H and O–H groups in total. The highest BCUT2D eigenvalue weighted by atomic mass is 16.4. The fourth-order valence-electron chi connectivity index (χ4n) is 5.34. The second-order valence-corrected chi connectivity index (χ2v) is 10.5. The van der Waals surface area contributed by atoms with Crippen LogP contribution in [0.15, 0.2) is 58.3 Å². The number of aliphatic imine (C=N–C) groups is 1. The number of aromatic amines is 2. The first kappa shape index (κ1) is 30.7. The number of carboxylic acid groups (broad SMARTS) is 2. The number of carboxylic acids is 2. The lowest BCUT2D eigenvalue weighted by atomic mass is 10.0. The molecule has 0 spiro atoms. The van der Waals surface area contributed by atoms with Crippen LogP contribution in [0.5, 0.6) is 0 Å². The second kappa shape index (κ2) is 12.3. The maximum atomic E-state index is 12.3. The smallest absolute Gasteiger partial charge is 0.303 e. The van der Waals surface area contributed by atoms with E-state index in [0.29, 0.717) is 55.8 Å². The van der Waals surface area contributed by atoms with E-state index in [1.165, 1.54) is 6.08 Å². The van der Waals surface area contributed by atoms with Crippen LogP contribution in [0.2, 0.25) is 0 Å². The fraction of sp³-hybridized carbons (Fsp3) is 0.242. The molecule has 0 unspecified atom stereocenters. The molecule has 43 heavy (non-hydrogen) atoms. The van der Waals surface area contributed by atoms with Crippen molar-refractivity contribution in [3.8, 4) is 0 Å². The first-order valence-electron chi connectivity index (χ1n) is 13.8. The zero-order chi connectivity index (χ0) is 31.6. The number of nitrogens with zero attached hydrogens (tertiary/aromatic N) is 1. The number of aromatic nitrogens is 2. The lowest BCUT2D eigenvalue weighted by molar-refractivity contribution is -0.138. The van der Waals surface area contributed by atoms with Crippen LogP contribution in [0.4, 0.5) is 0 Å². The monoisotopic (exact) mass is 582 g/mol. The van der Waals surface area contributed by atoms with Crippen molar-refractivity contribution in [3.05, 3.63) is 97.6 Å². The normalized spacial score (nSPS) is 16.9. The molecule has 0 aliphatic carbocycles. The lowest BCUT2D eigenvalue weighted by Crippen LogP contribution is -2.15. The molecule has 0 bridgehead atoms. The minimum Gasteiger partial charge on any atom is -0.481 e. The molecule has 0 atom stereocenters. The standard InChI is InChI=1S/C33H34N4O6/c1-7-20-19(6)32(42)37-27(20)14-25-18(5)23(10-12-31(40)41)29(35-25)15-28-22(9-11-30(38)39)17(4)24(34-28)13-26-16(3)21(8-2)33(43)36-26/h7-8,13-15,34-35H,1-2,9-12H2,3-6H3,(H,37,42)(H,38,39)(H,40,41)/b24-13+,27-14-,28-15-. The van der Waals surface area contributed by atoms with Crippen molar-refractivity contribution in [1.82, 2.24) is 15.3 Å². The number of allylic oxidation sites excluding steroid dienone is 2. The highest BCUT2D eigenvalue weighted by Crippen LogP contribution is 2.27. The maximum Gasteiger partial charge on any atom is 0.303 e. The van der Waals surface area contributed by atoms with Gasteiger partial charge in [-0.2, -0.15) is 0 Å². The van der Waals surface area contributed by atoms with Gasteiger partial charge >= 0.3 is 11.9 Å². The topological polar surface area (TPSA) is 165 Å². The summed E-state index contributed by atoms with van der Waals surface area (Å²) in [6, 6.07) is 0. The quantitative estimate of drug-likeness (QED) is 0.273. The third-order valence-electron chi connectivity index (χ3n) is 7.87. The number of hydrogen-bond acceptors (Lipinski definition) is 4. The van der Waals surface area contributed by atoms with E-state index in [1.54, 1.807) is 32.1 Å². The van der Waals surface area contributed by atoms with Crippen molar-refractivity contribution < 1.29 is 29.4 Å². The van der Waals surface area contributed by atoms with Gasteiger partial charge in [0.1, 0.15) is 0 Å². The summed E-state index contributed by atoms with van der Waals surface area (Å²) < 4.78 is 0. The van der Waals surface area contributed by atoms with Crippen LogP contribution < -0.4 is 16.0 Å². The highest BCUT2D eigenvalue weighted by Gasteiger charge is 2.23. The summed E-state index contributed by atoms with van der Waals surface area (Å²) in [5.74, 6) is -2.46. The summed E-state index contributed by atoms with van der Waals surface area (Å²) in [7, 11) is 0. The first-order chi connectivity index (χ1) is 20.4. The van der Waals surface area contributed by atoms with Crippen molar-refractivity contribution in [1.29, 1.82) is 0 Å². The molecule has 10 nitrogen and oxygen atoms in total. The number of nitrogens with one attached hydrogen (secondary N) is 3. The molecular formula is C33H34N4O6. The van der Waals surface area contributed by atoms with E-state index >= 15 is 0 Å². The largest absolute Gasteiger partial charge is 0.481 e. The van der Waals surface area contributed by atoms with E-state index in [-0.39, 0.29) is 37.5 Å². The second-order valence-electron chi connectivity index (χ2n) is 10.5. The molecule has 0 saturated carbocycles. The van der Waals surface area contributed by atoms with Gasteiger partial charge in [0.2, 0.25) is 0 Å². The number of carbonyl (C=O) groups excluding carboxylic acids is 2. The molecule has 0 radical (unpaired) electrons. The summed E-state index contributed by atoms with van der Waals surface area (Å²) >= 11 is 0. The number of carbonyl (C=O) groups is 4. The zero-order valence-electron chi connectivity index (χ0n) is 24.6. The van der Waals surface area contributed by atoms with Crippen LogP contribution in [-0.4, -0.2) is 49.6 Å². The number of hydrogen-bond donors (Lipinski definition) is 5. The summed E-state index contributed by atoms with van der Waals surface area (Å²) in [6.07, 6.45) is 8.80. The Bertz CT molecular complexity index is 1860. The predicted octanol–water partition coefficient (Wildman–Crippen LogP) is 3.06. The number of amides is 2. The number of H-pyrrole nitrogens is 2. The molecule has 2 aromatic heterocycles. The van der Waals surface area contributed by atoms with Crippen LogP contribution in [-0.2, 0) is 32.0 Å². The molecule has 4 heterocycles. The van der Waals surface area contributed by atoms with Gasteiger partial charge in [0.05, 0.1) is 11.4 Å². The minimum atomic E-state index is -0.941. The Kier molecular flexibility index (Phi) is 8.80. The molecule has 2 amide bonds. The highest BCUT2D eigenvalue weighted by molar-refractivity contribution is 6.31. The van der Waals surface area contributed by atoms with E-state index in [1.807, 2.05) is 19.9 Å². The molecular weight excluding hydrogens is 548 g/mol. The van der Waals surface area contributed by atoms with Gasteiger partial charge in [0.15, 0.2) is 0 Å². The lowest BCUT2D eigenvalue weighted by Gasteiger charge is -2.02. The van der Waals surface area contributed by atoms with Crippen LogP contribution in [0.3, 0.4) is 0 Å². The van der Waals surface area contributed by atoms with Crippen LogP contribution in [0.25, 0.3) is 18.2 Å². The molecule has 0 saturated heterocycles. The summed E-state index contributed by atoms with van der Waals surface area (Å²) in [5.41, 5.74) is 7.97. The van der Waals surface area contributed by atoms with Crippen LogP contribution >= 0.6 is 0 Å². The molecule has 2 aromatic rings. The first-order valence-corrected chi connectivity index (χ1v) is 13.8. The maximum absolute atomic E-state index is 12.3. The Labute approximate surface area is 248 Å². The predicted molar refractivity (Wildman–Crippen MR) is 165 cm³/mol. The van der Waals surface area contributed by atoms with Gasteiger partial charge in [-0.3, -0.25) is 19.2 Å². The summed E-state index contributed by atoms with van der Waals surface area (Å²) in [6.45, 7) is 14.8. The van der Waals surface area contributed by atoms with Crippen LogP contribution in [0, 0.1) is 13.8 Å². The minimum absolute atomic E-state index is 0.0943. The summed E-state index contributed by atoms with van der Waals surface area (Å²) in [4.78, 5) is 58.4. The Morgan fingerprint density at radius 3 is 1.98 bits per heavy atom. The SMILES string of the molecule is C=CC1=C(C)C(/C=c2/[nH]/c(=C\c3[nH]c(/C=C4\NC(=O)C(C)=C4C=C)c(C)c3CCC(=O)O)c(CCC(=O)O)c2C)=NC1=O. The molecule has 0 fully saturated rings. The molecule has 10 heteroatoms. The third kappa shape index (κ3) is 6.18. The number of rotatable bonds is 11. The Hall–Kier alpha value is -5.25. The molecule has 0 aromatic carbocycles. The van der Waals surface area contributed by atoms with E-state index < -0.39 is 11.9 Å². The zero-order valence-corrected chi connectivity index (χ0v) is 24.6. The average Bonchev–Trinajstić information content (AvgIpc) is 3.59. The molecule has 2 aliphatic rings. The van der Waals surface area contributed by atoms with Crippen molar-refractivity contribution in [2.24, 2.45) is 4.99 Å². The van der Waals surface area contributed by atoms with Gasteiger partial charge < -0.3 is 25.5 Å². The van der Waals surface area contributed by atoms with Crippen molar-refractivity contribution in [2.75, 3.05) is 0 Å². The Morgan fingerprint density at radius 2 is 1.40 bits per heavy atom. The van der Waals surface area contributed by atoms with Gasteiger partial charge in [-0.05, 0) is 86.6 Å². The fourth-order valence-corrected chi connectivity index (χ4v) is 5.34. The molecule has 222 valence electrons. The van der Waals surface area contributed by atoms with Crippen molar-refractivity contribution in [2.45, 2.75) is 53.4 Å². The van der Waals surface area contributed by atoms with Gasteiger partial charge in [-0.25, -0.2) is 4.99 Å². The Morgan fingerprint density at radius 1 is 0.767 bits per heavy atom. The van der Waals surface area contributed by atoms with Crippen molar-refractivity contribution >= 4 is 47.7 Å². The third-order valence-corrected chi connectivity index (χ3v) is 7.87. The van der Waals surface area contributed by atoms with Gasteiger partial charge in [-0.1, -0.05) is 25.3 Å². The van der Waals surface area contributed by atoms with E-state index in [9.17, 15) is 29.4 Å². The molecule has 4 rings (SSSR count). The van der Waals surface area contributed by atoms with Gasteiger partial charge in [-0.15, -0.1) is 0 Å². The molecule has 2 aliphatic heterocycles. The van der Waals surface area contributed by atoms with E-state index in [2.05, 4.69) is 33.4 Å². The van der Waals surface area contributed by atoms with E-state index in [4.69, 9.17) is 0 Å². The van der Waals surface area contributed by atoms with Gasteiger partial charge in [0.25, 0.3) is 11.8 Å². The average molecular weight is 583 g/mol. The van der Waals surface area contributed by atoms with Gasteiger partial charge in [0, 0.05) is 51.6 Å². The number of aliphatic carboxylic acids is 2. The summed E-state index contributed by atoms with van der Waals surface area (Å²) in [5, 5.41) is 23.0. The van der Waals surface area contributed by atoms with Crippen LogP contribution in [0.1, 0.15) is 60.3 Å². The van der Waals surface area contributed by atoms with E-state index in [0.717, 1.165) is 22.3 Å².